The van der Waals surface area contributed by atoms with Crippen LogP contribution in [0.1, 0.15) is 29.7 Å². The number of pyridine rings is 1. The van der Waals surface area contributed by atoms with E-state index in [1.165, 1.54) is 11.1 Å². The van der Waals surface area contributed by atoms with Crippen LogP contribution < -0.4 is 0 Å². The lowest BCUT2D eigenvalue weighted by Gasteiger charge is -2.15. The van der Waals surface area contributed by atoms with Gasteiger partial charge in [-0.1, -0.05) is 66.7 Å². The Balaban J connectivity index is 1.92. The highest BCUT2D eigenvalue weighted by atomic mass is 14.8. The molecule has 1 heterocycles. The molecule has 0 amide bonds. The molecule has 1 atom stereocenters. The molecule has 0 aliphatic heterocycles. The van der Waals surface area contributed by atoms with Crippen LogP contribution in [0.4, 0.5) is 0 Å². The van der Waals surface area contributed by atoms with Crippen molar-refractivity contribution in [2.45, 2.75) is 19.4 Å². The molecule has 2 heteroatoms. The van der Waals surface area contributed by atoms with Gasteiger partial charge in [-0.15, -0.1) is 0 Å². The fourth-order valence-electron chi connectivity index (χ4n) is 2.64. The number of benzene rings is 2. The molecule has 0 fully saturated rings. The third-order valence-electron chi connectivity index (χ3n) is 3.89. The summed E-state index contributed by atoms with van der Waals surface area (Å²) in [5, 5.41) is 0. The molecule has 1 aromatic heterocycles. The minimum absolute atomic E-state index is 0.110. The summed E-state index contributed by atoms with van der Waals surface area (Å²) >= 11 is 0. The van der Waals surface area contributed by atoms with Crippen LogP contribution in [0.3, 0.4) is 0 Å². The molecular weight excluding hydrogens is 280 g/mol. The number of aliphatic imine (C=N–C) groups is 1. The van der Waals surface area contributed by atoms with E-state index in [1.807, 2.05) is 24.4 Å². The summed E-state index contributed by atoms with van der Waals surface area (Å²) in [4.78, 5) is 9.18. The Kier molecular flexibility index (Phi) is 4.95. The summed E-state index contributed by atoms with van der Waals surface area (Å²) in [5.74, 6) is 0. The topological polar surface area (TPSA) is 25.2 Å². The summed E-state index contributed by atoms with van der Waals surface area (Å²) in [6, 6.07) is 25.1. The summed E-state index contributed by atoms with van der Waals surface area (Å²) in [5.41, 5.74) is 4.62. The highest BCUT2D eigenvalue weighted by molar-refractivity contribution is 5.98. The van der Waals surface area contributed by atoms with E-state index in [1.54, 1.807) is 6.20 Å². The van der Waals surface area contributed by atoms with Crippen molar-refractivity contribution in [3.63, 3.8) is 0 Å². The highest BCUT2D eigenvalue weighted by Gasteiger charge is 2.12. The Bertz CT molecular complexity index is 750. The van der Waals surface area contributed by atoms with Crippen molar-refractivity contribution in [3.8, 4) is 0 Å². The van der Waals surface area contributed by atoms with Gasteiger partial charge in [0.15, 0.2) is 0 Å². The summed E-state index contributed by atoms with van der Waals surface area (Å²) in [7, 11) is 0. The van der Waals surface area contributed by atoms with Gasteiger partial charge in [0.2, 0.25) is 0 Å². The van der Waals surface area contributed by atoms with E-state index in [0.29, 0.717) is 0 Å². The van der Waals surface area contributed by atoms with Crippen LogP contribution in [0.5, 0.6) is 0 Å². The number of rotatable bonds is 5. The second kappa shape index (κ2) is 7.50. The minimum atomic E-state index is 0.110. The lowest BCUT2D eigenvalue weighted by atomic mass is 9.99. The molecule has 0 spiro atoms. The Morgan fingerprint density at radius 1 is 0.913 bits per heavy atom. The minimum Gasteiger partial charge on any atom is -0.281 e. The van der Waals surface area contributed by atoms with Crippen LogP contribution in [0, 0.1) is 0 Å². The van der Waals surface area contributed by atoms with Crippen molar-refractivity contribution >= 4 is 5.71 Å². The zero-order chi connectivity index (χ0) is 15.9. The molecule has 0 N–H and O–H groups in total. The van der Waals surface area contributed by atoms with E-state index in [2.05, 4.69) is 66.5 Å². The molecule has 0 bridgehead atoms. The van der Waals surface area contributed by atoms with E-state index in [0.717, 1.165) is 17.7 Å². The predicted molar refractivity (Wildman–Crippen MR) is 95.8 cm³/mol. The Hall–Kier alpha value is -2.74. The van der Waals surface area contributed by atoms with Gasteiger partial charge >= 0.3 is 0 Å². The molecule has 3 rings (SSSR count). The molecule has 0 aliphatic carbocycles. The van der Waals surface area contributed by atoms with Crippen LogP contribution in [-0.2, 0) is 6.42 Å². The molecule has 114 valence electrons. The lowest BCUT2D eigenvalue weighted by Crippen LogP contribution is -2.05. The fraction of sp³-hybridized carbons (Fsp3) is 0.143. The molecule has 0 aliphatic rings. The van der Waals surface area contributed by atoms with Gasteiger partial charge in [0.1, 0.15) is 0 Å². The number of nitrogens with zero attached hydrogens (tertiary/aromatic N) is 2. The van der Waals surface area contributed by atoms with E-state index in [-0.39, 0.29) is 6.04 Å². The van der Waals surface area contributed by atoms with Gasteiger partial charge in [-0.05, 0) is 30.5 Å². The Labute approximate surface area is 137 Å². The van der Waals surface area contributed by atoms with Gasteiger partial charge in [0, 0.05) is 23.7 Å². The maximum Gasteiger partial charge on any atom is 0.0792 e. The maximum absolute atomic E-state index is 4.99. The van der Waals surface area contributed by atoms with Crippen molar-refractivity contribution in [2.75, 3.05) is 0 Å². The quantitative estimate of drug-likeness (QED) is 0.617. The van der Waals surface area contributed by atoms with E-state index >= 15 is 0 Å². The summed E-state index contributed by atoms with van der Waals surface area (Å²) in [6.07, 6.45) is 4.54. The van der Waals surface area contributed by atoms with Gasteiger partial charge in [-0.3, -0.25) is 9.98 Å². The first kappa shape index (κ1) is 15.2. The molecule has 2 aromatic carbocycles. The van der Waals surface area contributed by atoms with Crippen LogP contribution in [0.25, 0.3) is 0 Å². The van der Waals surface area contributed by atoms with Crippen molar-refractivity contribution in [2.24, 2.45) is 4.99 Å². The van der Waals surface area contributed by atoms with E-state index in [4.69, 9.17) is 4.99 Å². The Morgan fingerprint density at radius 3 is 2.26 bits per heavy atom. The van der Waals surface area contributed by atoms with Crippen LogP contribution in [-0.4, -0.2) is 10.7 Å². The van der Waals surface area contributed by atoms with Gasteiger partial charge in [-0.25, -0.2) is 0 Å². The van der Waals surface area contributed by atoms with Crippen LogP contribution in [0.2, 0.25) is 0 Å². The predicted octanol–water partition coefficient (Wildman–Crippen LogP) is 4.87. The third-order valence-corrected chi connectivity index (χ3v) is 3.89. The van der Waals surface area contributed by atoms with Crippen molar-refractivity contribution < 1.29 is 0 Å². The van der Waals surface area contributed by atoms with Crippen molar-refractivity contribution in [1.82, 2.24) is 4.98 Å². The largest absolute Gasteiger partial charge is 0.281 e. The molecule has 2 nitrogen and oxygen atoms in total. The van der Waals surface area contributed by atoms with Crippen molar-refractivity contribution in [1.29, 1.82) is 0 Å². The highest BCUT2D eigenvalue weighted by Crippen LogP contribution is 2.23. The number of hydrogen-bond acceptors (Lipinski definition) is 2. The second-order valence-corrected chi connectivity index (χ2v) is 5.57. The molecule has 0 saturated heterocycles. The van der Waals surface area contributed by atoms with Gasteiger partial charge in [-0.2, -0.15) is 0 Å². The average molecular weight is 300 g/mol. The fourth-order valence-corrected chi connectivity index (χ4v) is 2.64. The maximum atomic E-state index is 4.99. The number of aromatic nitrogens is 1. The first-order valence-corrected chi connectivity index (χ1v) is 7.86. The smallest absolute Gasteiger partial charge is 0.0792 e. The second-order valence-electron chi connectivity index (χ2n) is 5.57. The van der Waals surface area contributed by atoms with Crippen molar-refractivity contribution in [3.05, 3.63) is 102 Å². The molecule has 1 unspecified atom stereocenters. The van der Waals surface area contributed by atoms with E-state index in [9.17, 15) is 0 Å². The molecule has 23 heavy (non-hydrogen) atoms. The van der Waals surface area contributed by atoms with E-state index < -0.39 is 0 Å². The standard InChI is InChI=1S/C21H20N2/c1-17(20-13-8-14-22-16-20)23-21(19-11-6-3-7-12-19)15-18-9-4-2-5-10-18/h2-14,16,21H,15H2,1H3. The first-order chi connectivity index (χ1) is 11.3. The molecule has 3 aromatic rings. The molecular formula is C21H20N2. The Morgan fingerprint density at radius 2 is 1.61 bits per heavy atom. The average Bonchev–Trinajstić information content (AvgIpc) is 2.63. The zero-order valence-electron chi connectivity index (χ0n) is 13.3. The van der Waals surface area contributed by atoms with Crippen LogP contribution >= 0.6 is 0 Å². The van der Waals surface area contributed by atoms with Gasteiger partial charge < -0.3 is 0 Å². The van der Waals surface area contributed by atoms with Crippen LogP contribution in [0.15, 0.2) is 90.2 Å². The zero-order valence-corrected chi connectivity index (χ0v) is 13.3. The number of hydrogen-bond donors (Lipinski definition) is 0. The van der Waals surface area contributed by atoms with Gasteiger partial charge in [0.05, 0.1) is 6.04 Å². The normalized spacial score (nSPS) is 12.8. The molecule has 0 radical (unpaired) electrons. The SMILES string of the molecule is CC(=NC(Cc1ccccc1)c1ccccc1)c1cccnc1. The molecule has 0 saturated carbocycles. The van der Waals surface area contributed by atoms with Gasteiger partial charge in [0.25, 0.3) is 0 Å². The lowest BCUT2D eigenvalue weighted by molar-refractivity contribution is 0.724. The first-order valence-electron chi connectivity index (χ1n) is 7.86. The monoisotopic (exact) mass is 300 g/mol. The summed E-state index contributed by atoms with van der Waals surface area (Å²) in [6.45, 7) is 2.05. The third kappa shape index (κ3) is 4.13. The summed E-state index contributed by atoms with van der Waals surface area (Å²) < 4.78 is 0.